The van der Waals surface area contributed by atoms with E-state index in [1.165, 1.54) is 50.9 Å². The van der Waals surface area contributed by atoms with E-state index < -0.39 is 5.82 Å². The molecular weight excluding hydrogens is 521 g/mol. The molecule has 10 heteroatoms. The van der Waals surface area contributed by atoms with Crippen LogP contribution in [0.2, 0.25) is 5.02 Å². The van der Waals surface area contributed by atoms with Gasteiger partial charge in [0.1, 0.15) is 18.2 Å². The van der Waals surface area contributed by atoms with Crippen molar-refractivity contribution in [3.05, 3.63) is 40.8 Å². The number of halogens is 2. The number of phenols is 1. The van der Waals surface area contributed by atoms with Gasteiger partial charge < -0.3 is 19.5 Å². The Morgan fingerprint density at radius 1 is 1.10 bits per heavy atom. The van der Waals surface area contributed by atoms with E-state index in [-0.39, 0.29) is 16.2 Å². The van der Waals surface area contributed by atoms with Crippen LogP contribution in [-0.2, 0) is 0 Å². The van der Waals surface area contributed by atoms with E-state index in [2.05, 4.69) is 25.0 Å². The fraction of sp³-hybridized carbons (Fsp3) is 0.448. The highest BCUT2D eigenvalue weighted by Gasteiger charge is 2.27. The van der Waals surface area contributed by atoms with Gasteiger partial charge in [-0.05, 0) is 77.0 Å². The van der Waals surface area contributed by atoms with Crippen LogP contribution in [0.5, 0.6) is 17.2 Å². The summed E-state index contributed by atoms with van der Waals surface area (Å²) in [4.78, 5) is 9.75. The molecule has 0 radical (unpaired) electrons. The summed E-state index contributed by atoms with van der Waals surface area (Å²) >= 11 is 6.18. The lowest BCUT2D eigenvalue weighted by Gasteiger charge is -2.36. The smallest absolute Gasteiger partial charge is 0.169 e. The van der Waals surface area contributed by atoms with Gasteiger partial charge in [0.05, 0.1) is 28.9 Å². The predicted octanol–water partition coefficient (Wildman–Crippen LogP) is 5.53. The largest absolute Gasteiger partial charge is 0.506 e. The quantitative estimate of drug-likeness (QED) is 0.311. The molecule has 0 atom stereocenters. The standard InChI is InChI=1S/C29H33ClFN5O3/c1-17-24-26-25(27(32-29(24)34-33-17)18-5-6-22(37)20(30)15-18)21(31)16-23(28(26)38-2)39-14-13-35-11-7-19(8-12-35)36-9-3-4-10-36/h5-6,15-16,19,37H,3-4,7-14H2,1-2H3,(H,32,33,34). The monoisotopic (exact) mass is 553 g/mol. The molecule has 2 aliphatic heterocycles. The van der Waals surface area contributed by atoms with Crippen molar-refractivity contribution in [2.45, 2.75) is 38.6 Å². The van der Waals surface area contributed by atoms with Crippen molar-refractivity contribution in [1.29, 1.82) is 0 Å². The molecule has 2 aliphatic rings. The third-order valence-corrected chi connectivity index (χ3v) is 8.44. The fourth-order valence-electron chi connectivity index (χ4n) is 6.12. The minimum Gasteiger partial charge on any atom is -0.506 e. The lowest BCUT2D eigenvalue weighted by molar-refractivity contribution is 0.114. The molecule has 2 aromatic heterocycles. The van der Waals surface area contributed by atoms with Gasteiger partial charge in [-0.2, -0.15) is 5.10 Å². The summed E-state index contributed by atoms with van der Waals surface area (Å²) in [6.07, 6.45) is 5.01. The second-order valence-corrected chi connectivity index (χ2v) is 10.9. The van der Waals surface area contributed by atoms with Crippen LogP contribution < -0.4 is 9.47 Å². The third-order valence-electron chi connectivity index (χ3n) is 8.14. The number of nitrogens with zero attached hydrogens (tertiary/aromatic N) is 4. The van der Waals surface area contributed by atoms with Crippen LogP contribution in [0.4, 0.5) is 4.39 Å². The van der Waals surface area contributed by atoms with Crippen molar-refractivity contribution in [3.63, 3.8) is 0 Å². The predicted molar refractivity (Wildman–Crippen MR) is 151 cm³/mol. The Bertz CT molecular complexity index is 1510. The van der Waals surface area contributed by atoms with Gasteiger partial charge in [-0.3, -0.25) is 10.00 Å². The Balaban J connectivity index is 1.30. The highest BCUT2D eigenvalue weighted by Crippen LogP contribution is 2.45. The second-order valence-electron chi connectivity index (χ2n) is 10.5. The molecule has 4 heterocycles. The fourth-order valence-corrected chi connectivity index (χ4v) is 6.30. The van der Waals surface area contributed by atoms with Gasteiger partial charge in [0, 0.05) is 35.0 Å². The van der Waals surface area contributed by atoms with Crippen LogP contribution in [0.3, 0.4) is 0 Å². The zero-order valence-electron chi connectivity index (χ0n) is 22.3. The maximum absolute atomic E-state index is 15.9. The first-order valence-electron chi connectivity index (χ1n) is 13.6. The van der Waals surface area contributed by atoms with Crippen molar-refractivity contribution in [2.24, 2.45) is 0 Å². The first-order valence-corrected chi connectivity index (χ1v) is 14.0. The number of fused-ring (bicyclic) bond motifs is 3. The van der Waals surface area contributed by atoms with Gasteiger partial charge >= 0.3 is 0 Å². The number of aromatic hydroxyl groups is 1. The van der Waals surface area contributed by atoms with Crippen LogP contribution in [0, 0.1) is 12.7 Å². The van der Waals surface area contributed by atoms with E-state index in [0.29, 0.717) is 57.5 Å². The third kappa shape index (κ3) is 4.88. The van der Waals surface area contributed by atoms with E-state index in [1.807, 2.05) is 6.92 Å². The number of phenolic OH excluding ortho intramolecular Hbond substituents is 1. The number of aromatic amines is 1. The molecule has 0 bridgehead atoms. The molecular formula is C29H33ClFN5O3. The van der Waals surface area contributed by atoms with Crippen LogP contribution in [0.25, 0.3) is 33.1 Å². The van der Waals surface area contributed by atoms with Gasteiger partial charge in [-0.25, -0.2) is 9.37 Å². The maximum atomic E-state index is 15.9. The van der Waals surface area contributed by atoms with Crippen LogP contribution in [0.15, 0.2) is 24.3 Å². The van der Waals surface area contributed by atoms with E-state index in [0.717, 1.165) is 19.6 Å². The van der Waals surface area contributed by atoms with Crippen molar-refractivity contribution in [1.82, 2.24) is 25.0 Å². The molecule has 2 aromatic carbocycles. The summed E-state index contributed by atoms with van der Waals surface area (Å²) in [6.45, 7) is 7.61. The molecule has 0 saturated carbocycles. The summed E-state index contributed by atoms with van der Waals surface area (Å²) in [5.41, 5.74) is 2.10. The molecule has 39 heavy (non-hydrogen) atoms. The first-order chi connectivity index (χ1) is 18.9. The van der Waals surface area contributed by atoms with Gasteiger partial charge in [-0.15, -0.1) is 0 Å². The molecule has 4 aromatic rings. The first kappa shape index (κ1) is 26.1. The van der Waals surface area contributed by atoms with E-state index in [9.17, 15) is 5.11 Å². The average molecular weight is 554 g/mol. The SMILES string of the molecule is COc1c(OCCN2CCC(N3CCCC3)CC2)cc(F)c2c(-c3ccc(O)c(Cl)c3)nc3[nH]nc(C)c3c12. The number of hydrogen-bond acceptors (Lipinski definition) is 7. The number of piperidine rings is 1. The molecule has 2 N–H and O–H groups in total. The Morgan fingerprint density at radius 2 is 1.87 bits per heavy atom. The Kier molecular flexibility index (Phi) is 7.22. The minimum absolute atomic E-state index is 0.0582. The number of hydrogen-bond donors (Lipinski definition) is 2. The van der Waals surface area contributed by atoms with Gasteiger partial charge in [0.2, 0.25) is 0 Å². The van der Waals surface area contributed by atoms with Gasteiger partial charge in [0.25, 0.3) is 0 Å². The summed E-state index contributed by atoms with van der Waals surface area (Å²) in [5, 5.41) is 18.8. The number of nitrogens with one attached hydrogen (secondary N) is 1. The molecule has 0 amide bonds. The van der Waals surface area contributed by atoms with Crippen LogP contribution in [-0.4, -0.2) is 82.6 Å². The highest BCUT2D eigenvalue weighted by atomic mass is 35.5. The topological polar surface area (TPSA) is 86.7 Å². The Morgan fingerprint density at radius 3 is 2.59 bits per heavy atom. The molecule has 8 nitrogen and oxygen atoms in total. The number of aryl methyl sites for hydroxylation is 1. The lowest BCUT2D eigenvalue weighted by Crippen LogP contribution is -2.44. The van der Waals surface area contributed by atoms with E-state index in [1.54, 1.807) is 19.2 Å². The molecule has 2 saturated heterocycles. The number of H-pyrrole nitrogens is 1. The van der Waals surface area contributed by atoms with Crippen molar-refractivity contribution < 1.29 is 19.0 Å². The number of methoxy groups -OCH3 is 1. The number of likely N-dealkylation sites (tertiary alicyclic amines) is 2. The molecule has 206 valence electrons. The zero-order valence-corrected chi connectivity index (χ0v) is 23.0. The number of rotatable bonds is 7. The molecule has 0 unspecified atom stereocenters. The highest BCUT2D eigenvalue weighted by molar-refractivity contribution is 6.32. The summed E-state index contributed by atoms with van der Waals surface area (Å²) in [7, 11) is 1.56. The van der Waals surface area contributed by atoms with Crippen LogP contribution >= 0.6 is 11.6 Å². The second kappa shape index (κ2) is 10.8. The van der Waals surface area contributed by atoms with E-state index in [4.69, 9.17) is 21.1 Å². The maximum Gasteiger partial charge on any atom is 0.169 e. The number of pyridine rings is 1. The normalized spacial score (nSPS) is 17.4. The zero-order chi connectivity index (χ0) is 27.1. The summed E-state index contributed by atoms with van der Waals surface area (Å²) in [5.74, 6) is 0.234. The molecule has 2 fully saturated rings. The number of ether oxygens (including phenoxy) is 2. The summed E-state index contributed by atoms with van der Waals surface area (Å²) < 4.78 is 27.9. The minimum atomic E-state index is -0.485. The Labute approximate surface area is 231 Å². The van der Waals surface area contributed by atoms with Crippen LogP contribution in [0.1, 0.15) is 31.4 Å². The lowest BCUT2D eigenvalue weighted by atomic mass is 9.99. The molecule has 6 rings (SSSR count). The van der Waals surface area contributed by atoms with Crippen molar-refractivity contribution in [3.8, 4) is 28.5 Å². The number of aromatic nitrogens is 3. The molecule has 0 spiro atoms. The number of benzene rings is 2. The average Bonchev–Trinajstić information content (AvgIpc) is 3.61. The van der Waals surface area contributed by atoms with Gasteiger partial charge in [0.15, 0.2) is 17.1 Å². The molecule has 0 aliphatic carbocycles. The van der Waals surface area contributed by atoms with Gasteiger partial charge in [-0.1, -0.05) is 11.6 Å². The van der Waals surface area contributed by atoms with Crippen molar-refractivity contribution in [2.75, 3.05) is 46.4 Å². The van der Waals surface area contributed by atoms with E-state index >= 15 is 4.39 Å². The summed E-state index contributed by atoms with van der Waals surface area (Å²) in [6, 6.07) is 6.76. The van der Waals surface area contributed by atoms with Crippen molar-refractivity contribution >= 4 is 33.4 Å². The Hall–Kier alpha value is -3.14.